The third kappa shape index (κ3) is 1.42. The number of halogens is 2. The number of benzene rings is 1. The van der Waals surface area contributed by atoms with E-state index in [-0.39, 0.29) is 0 Å². The van der Waals surface area contributed by atoms with Crippen molar-refractivity contribution in [3.63, 3.8) is 0 Å². The average molecular weight is 143 g/mol. The van der Waals surface area contributed by atoms with Gasteiger partial charge < -0.3 is 0 Å². The summed E-state index contributed by atoms with van der Waals surface area (Å²) in [4.78, 5) is 0. The first kappa shape index (κ1) is 6.56. The van der Waals surface area contributed by atoms with Crippen molar-refractivity contribution < 1.29 is 4.39 Å². The fraction of sp³-hybridized carbons (Fsp3) is 0. The van der Waals surface area contributed by atoms with Crippen LogP contribution in [0.1, 0.15) is 5.56 Å². The van der Waals surface area contributed by atoms with Gasteiger partial charge in [0, 0.05) is 10.6 Å². The molecule has 0 saturated carbocycles. The summed E-state index contributed by atoms with van der Waals surface area (Å²) in [6.45, 7) is 1.46. The summed E-state index contributed by atoms with van der Waals surface area (Å²) in [5, 5.41) is 0.389. The lowest BCUT2D eigenvalue weighted by atomic mass is 10.2. The number of hydrogen-bond donors (Lipinski definition) is 0. The van der Waals surface area contributed by atoms with Crippen LogP contribution in [-0.2, 0) is 0 Å². The molecule has 0 amide bonds. The summed E-state index contributed by atoms with van der Waals surface area (Å²) in [5.74, 6) is 0. The summed E-state index contributed by atoms with van der Waals surface area (Å²) >= 11 is 5.52. The molecule has 0 N–H and O–H groups in total. The quantitative estimate of drug-likeness (QED) is 0.566. The summed E-state index contributed by atoms with van der Waals surface area (Å²) in [6, 6.07) is 6.61. The lowest BCUT2D eigenvalue weighted by Crippen LogP contribution is -1.74. The second kappa shape index (κ2) is 2.83. The van der Waals surface area contributed by atoms with Crippen LogP contribution in [0, 0.1) is 6.67 Å². The smallest absolute Gasteiger partial charge is 0.220 e. The fourth-order valence-electron chi connectivity index (χ4n) is 0.538. The van der Waals surface area contributed by atoms with E-state index in [1.165, 1.54) is 6.67 Å². The predicted octanol–water partition coefficient (Wildman–Crippen LogP) is 2.70. The predicted molar refractivity (Wildman–Crippen MR) is 34.9 cm³/mol. The Labute approximate surface area is 58.3 Å². The highest BCUT2D eigenvalue weighted by Gasteiger charge is 1.96. The van der Waals surface area contributed by atoms with Crippen molar-refractivity contribution in [3.8, 4) is 0 Å². The van der Waals surface area contributed by atoms with Crippen molar-refractivity contribution in [2.45, 2.75) is 0 Å². The van der Waals surface area contributed by atoms with Gasteiger partial charge in [0.2, 0.25) is 6.67 Å². The molecule has 0 saturated heterocycles. The van der Waals surface area contributed by atoms with E-state index in [2.05, 4.69) is 0 Å². The summed E-state index contributed by atoms with van der Waals surface area (Å²) < 4.78 is 11.7. The molecule has 0 atom stereocenters. The van der Waals surface area contributed by atoms with Crippen LogP contribution in [0.4, 0.5) is 4.39 Å². The molecule has 46 valence electrons. The molecule has 1 aromatic carbocycles. The molecule has 0 aliphatic heterocycles. The summed E-state index contributed by atoms with van der Waals surface area (Å²) in [7, 11) is 0. The zero-order valence-corrected chi connectivity index (χ0v) is 5.32. The molecular weight excluding hydrogens is 139 g/mol. The molecule has 1 rings (SSSR count). The molecule has 1 aromatic rings. The van der Waals surface area contributed by atoms with Crippen molar-refractivity contribution in [1.82, 2.24) is 0 Å². The van der Waals surface area contributed by atoms with E-state index in [0.29, 0.717) is 10.6 Å². The van der Waals surface area contributed by atoms with Gasteiger partial charge in [-0.3, -0.25) is 0 Å². The van der Waals surface area contributed by atoms with Crippen LogP contribution in [0.25, 0.3) is 0 Å². The highest BCUT2D eigenvalue weighted by molar-refractivity contribution is 6.31. The molecule has 2 radical (unpaired) electrons. The second-order valence-electron chi connectivity index (χ2n) is 1.57. The van der Waals surface area contributed by atoms with Gasteiger partial charge >= 0.3 is 0 Å². The minimum Gasteiger partial charge on any atom is -0.230 e. The van der Waals surface area contributed by atoms with Gasteiger partial charge in [-0.05, 0) is 6.07 Å². The Hall–Kier alpha value is -0.560. The molecule has 0 aromatic heterocycles. The Morgan fingerprint density at radius 1 is 1.33 bits per heavy atom. The van der Waals surface area contributed by atoms with Gasteiger partial charge in [-0.15, -0.1) is 0 Å². The molecule has 0 fully saturated rings. The van der Waals surface area contributed by atoms with Crippen LogP contribution in [0.3, 0.4) is 0 Å². The van der Waals surface area contributed by atoms with Crippen molar-refractivity contribution in [2.75, 3.05) is 0 Å². The van der Waals surface area contributed by atoms with Gasteiger partial charge in [0.05, 0.1) is 0 Å². The van der Waals surface area contributed by atoms with Crippen LogP contribution < -0.4 is 0 Å². The molecule has 0 heterocycles. The first-order chi connectivity index (χ1) is 4.34. The molecule has 0 nitrogen and oxygen atoms in total. The Bertz CT molecular complexity index is 198. The SMILES string of the molecule is F[C]c1ccccc1Cl. The highest BCUT2D eigenvalue weighted by Crippen LogP contribution is 2.16. The lowest BCUT2D eigenvalue weighted by Gasteiger charge is -1.92. The van der Waals surface area contributed by atoms with Gasteiger partial charge in [-0.25, -0.2) is 4.39 Å². The van der Waals surface area contributed by atoms with Gasteiger partial charge in [-0.1, -0.05) is 29.8 Å². The van der Waals surface area contributed by atoms with Crippen LogP contribution in [0.15, 0.2) is 24.3 Å². The summed E-state index contributed by atoms with van der Waals surface area (Å²) in [5.41, 5.74) is 0.305. The number of rotatable bonds is 1. The molecule has 9 heavy (non-hydrogen) atoms. The van der Waals surface area contributed by atoms with Crippen molar-refractivity contribution >= 4 is 11.6 Å². The molecule has 0 unspecified atom stereocenters. The third-order valence-corrected chi connectivity index (χ3v) is 1.31. The molecule has 2 heteroatoms. The molecule has 0 aliphatic carbocycles. The zero-order chi connectivity index (χ0) is 6.69. The number of hydrogen-bond acceptors (Lipinski definition) is 0. The largest absolute Gasteiger partial charge is 0.230 e. The van der Waals surface area contributed by atoms with E-state index in [4.69, 9.17) is 11.6 Å². The first-order valence-electron chi connectivity index (χ1n) is 2.46. The zero-order valence-electron chi connectivity index (χ0n) is 4.57. The Morgan fingerprint density at radius 3 is 2.44 bits per heavy atom. The minimum absolute atomic E-state index is 0.305. The highest BCUT2D eigenvalue weighted by atomic mass is 35.5. The maximum absolute atomic E-state index is 11.7. The normalized spacial score (nSPS) is 9.56. The van der Waals surface area contributed by atoms with Crippen LogP contribution in [0.5, 0.6) is 0 Å². The third-order valence-electron chi connectivity index (χ3n) is 0.976. The maximum atomic E-state index is 11.7. The Balaban J connectivity index is 3.01. The van der Waals surface area contributed by atoms with Gasteiger partial charge in [0.25, 0.3) is 0 Å². The standard InChI is InChI=1S/C7H4ClF/c8-7-4-2-1-3-6(7)5-9/h1-4H. The van der Waals surface area contributed by atoms with Crippen LogP contribution >= 0.6 is 11.6 Å². The molecule has 0 bridgehead atoms. The van der Waals surface area contributed by atoms with Gasteiger partial charge in [-0.2, -0.15) is 0 Å². The molecule has 0 spiro atoms. The average Bonchev–Trinajstić information content (AvgIpc) is 1.89. The fourth-order valence-corrected chi connectivity index (χ4v) is 0.709. The van der Waals surface area contributed by atoms with Crippen molar-refractivity contribution in [2.24, 2.45) is 0 Å². The molecule has 0 aliphatic rings. The van der Waals surface area contributed by atoms with E-state index < -0.39 is 0 Å². The van der Waals surface area contributed by atoms with E-state index >= 15 is 0 Å². The van der Waals surface area contributed by atoms with Gasteiger partial charge in [0.1, 0.15) is 0 Å². The maximum Gasteiger partial charge on any atom is 0.220 e. The van der Waals surface area contributed by atoms with E-state index in [0.717, 1.165) is 0 Å². The summed E-state index contributed by atoms with van der Waals surface area (Å²) in [6.07, 6.45) is 0. The van der Waals surface area contributed by atoms with Crippen LogP contribution in [0.2, 0.25) is 5.02 Å². The topological polar surface area (TPSA) is 0 Å². The van der Waals surface area contributed by atoms with Crippen molar-refractivity contribution in [3.05, 3.63) is 41.5 Å². The Kier molecular flexibility index (Phi) is 2.06. The van der Waals surface area contributed by atoms with E-state index in [1.54, 1.807) is 24.3 Å². The minimum atomic E-state index is 0.305. The second-order valence-corrected chi connectivity index (χ2v) is 1.98. The monoisotopic (exact) mass is 142 g/mol. The molecular formula is C7H4ClF. The van der Waals surface area contributed by atoms with Crippen LogP contribution in [-0.4, -0.2) is 0 Å². The van der Waals surface area contributed by atoms with Crippen molar-refractivity contribution in [1.29, 1.82) is 0 Å². The van der Waals surface area contributed by atoms with E-state index in [1.807, 2.05) is 0 Å². The lowest BCUT2D eigenvalue weighted by molar-refractivity contribution is 0.646. The van der Waals surface area contributed by atoms with E-state index in [9.17, 15) is 4.39 Å². The van der Waals surface area contributed by atoms with Gasteiger partial charge in [0.15, 0.2) is 0 Å². The first-order valence-corrected chi connectivity index (χ1v) is 2.83. The Morgan fingerprint density at radius 2 is 2.00 bits per heavy atom.